The van der Waals surface area contributed by atoms with Gasteiger partial charge < -0.3 is 0 Å². The van der Waals surface area contributed by atoms with Crippen LogP contribution >= 0.6 is 0 Å². The molecule has 1 N–H and O–H groups in total. The fourth-order valence-corrected chi connectivity index (χ4v) is 1.66. The molecule has 0 saturated carbocycles. The SMILES string of the molecule is Cc1ccc(C#N)c(S(=O)(=O)O)c1. The molecule has 0 aliphatic rings. The van der Waals surface area contributed by atoms with Crippen LogP contribution in [0.2, 0.25) is 0 Å². The molecule has 0 radical (unpaired) electrons. The molecule has 13 heavy (non-hydrogen) atoms. The van der Waals surface area contributed by atoms with E-state index in [4.69, 9.17) is 9.81 Å². The molecule has 0 aliphatic carbocycles. The van der Waals surface area contributed by atoms with Crippen molar-refractivity contribution in [1.82, 2.24) is 0 Å². The quantitative estimate of drug-likeness (QED) is 0.684. The van der Waals surface area contributed by atoms with E-state index in [1.807, 2.05) is 0 Å². The smallest absolute Gasteiger partial charge is 0.282 e. The number of hydrogen-bond acceptors (Lipinski definition) is 3. The maximum atomic E-state index is 10.8. The van der Waals surface area contributed by atoms with E-state index in [1.165, 1.54) is 12.1 Å². The Labute approximate surface area is 76.2 Å². The van der Waals surface area contributed by atoms with Crippen molar-refractivity contribution in [3.63, 3.8) is 0 Å². The number of benzene rings is 1. The van der Waals surface area contributed by atoms with Crippen LogP contribution in [0, 0.1) is 18.3 Å². The molecule has 0 saturated heterocycles. The Kier molecular flexibility index (Phi) is 2.36. The first-order chi connectivity index (χ1) is 5.95. The van der Waals surface area contributed by atoms with Gasteiger partial charge in [0.15, 0.2) is 0 Å². The van der Waals surface area contributed by atoms with E-state index in [-0.39, 0.29) is 10.5 Å². The summed E-state index contributed by atoms with van der Waals surface area (Å²) in [4.78, 5) is -0.338. The third-order valence-corrected chi connectivity index (χ3v) is 2.43. The maximum absolute atomic E-state index is 10.8. The lowest BCUT2D eigenvalue weighted by Gasteiger charge is -2.00. The summed E-state index contributed by atoms with van der Waals surface area (Å²) in [6.45, 7) is 1.68. The van der Waals surface area contributed by atoms with Crippen LogP contribution in [0.1, 0.15) is 11.1 Å². The Morgan fingerprint density at radius 1 is 1.46 bits per heavy atom. The predicted molar refractivity (Wildman–Crippen MR) is 45.7 cm³/mol. The molecule has 1 rings (SSSR count). The zero-order valence-corrected chi connectivity index (χ0v) is 7.67. The van der Waals surface area contributed by atoms with Crippen LogP contribution in [0.4, 0.5) is 0 Å². The average molecular weight is 197 g/mol. The van der Waals surface area contributed by atoms with Crippen molar-refractivity contribution in [3.05, 3.63) is 29.3 Å². The summed E-state index contributed by atoms with van der Waals surface area (Å²) in [5.74, 6) is 0. The van der Waals surface area contributed by atoms with Crippen molar-refractivity contribution < 1.29 is 13.0 Å². The molecule has 0 amide bonds. The van der Waals surface area contributed by atoms with Crippen molar-refractivity contribution in [2.75, 3.05) is 0 Å². The minimum Gasteiger partial charge on any atom is -0.282 e. The van der Waals surface area contributed by atoms with Gasteiger partial charge in [0.2, 0.25) is 0 Å². The lowest BCUT2D eigenvalue weighted by molar-refractivity contribution is 0.483. The lowest BCUT2D eigenvalue weighted by Crippen LogP contribution is -2.01. The molecule has 5 heteroatoms. The highest BCUT2D eigenvalue weighted by atomic mass is 32.2. The van der Waals surface area contributed by atoms with E-state index in [2.05, 4.69) is 0 Å². The first-order valence-electron chi connectivity index (χ1n) is 3.43. The van der Waals surface area contributed by atoms with Crippen LogP contribution in [0.25, 0.3) is 0 Å². The van der Waals surface area contributed by atoms with Gasteiger partial charge in [-0.15, -0.1) is 0 Å². The van der Waals surface area contributed by atoms with Crippen molar-refractivity contribution in [3.8, 4) is 6.07 Å². The predicted octanol–water partition coefficient (Wildman–Crippen LogP) is 1.11. The maximum Gasteiger partial charge on any atom is 0.295 e. The molecule has 0 spiro atoms. The summed E-state index contributed by atoms with van der Waals surface area (Å²) >= 11 is 0. The molecule has 0 unspecified atom stereocenters. The van der Waals surface area contributed by atoms with Crippen LogP contribution in [0.3, 0.4) is 0 Å². The fraction of sp³-hybridized carbons (Fsp3) is 0.125. The molecule has 0 atom stereocenters. The standard InChI is InChI=1S/C8H7NO3S/c1-6-2-3-7(5-9)8(4-6)13(10,11)12/h2-4H,1H3,(H,10,11,12). The molecular formula is C8H7NO3S. The van der Waals surface area contributed by atoms with Gasteiger partial charge in [-0.3, -0.25) is 4.55 Å². The van der Waals surface area contributed by atoms with Crippen LogP contribution < -0.4 is 0 Å². The number of rotatable bonds is 1. The molecule has 4 nitrogen and oxygen atoms in total. The second kappa shape index (κ2) is 3.17. The minimum absolute atomic E-state index is 0.0481. The third-order valence-electron chi connectivity index (χ3n) is 1.54. The normalized spacial score (nSPS) is 10.8. The Morgan fingerprint density at radius 2 is 2.08 bits per heavy atom. The second-order valence-electron chi connectivity index (χ2n) is 2.59. The summed E-state index contributed by atoms with van der Waals surface area (Å²) in [5.41, 5.74) is 0.625. The molecule has 0 bridgehead atoms. The van der Waals surface area contributed by atoms with Gasteiger partial charge >= 0.3 is 0 Å². The van der Waals surface area contributed by atoms with Crippen LogP contribution in [0.5, 0.6) is 0 Å². The van der Waals surface area contributed by atoms with Crippen molar-refractivity contribution >= 4 is 10.1 Å². The van der Waals surface area contributed by atoms with E-state index >= 15 is 0 Å². The zero-order chi connectivity index (χ0) is 10.1. The number of nitrogens with zero attached hydrogens (tertiary/aromatic N) is 1. The van der Waals surface area contributed by atoms with Crippen molar-refractivity contribution in [2.24, 2.45) is 0 Å². The minimum atomic E-state index is -4.29. The van der Waals surface area contributed by atoms with E-state index in [0.717, 1.165) is 0 Å². The van der Waals surface area contributed by atoms with Crippen LogP contribution in [-0.2, 0) is 10.1 Å². The first-order valence-corrected chi connectivity index (χ1v) is 4.87. The topological polar surface area (TPSA) is 78.2 Å². The van der Waals surface area contributed by atoms with Crippen LogP contribution in [-0.4, -0.2) is 13.0 Å². The van der Waals surface area contributed by atoms with E-state index in [0.29, 0.717) is 5.56 Å². The second-order valence-corrected chi connectivity index (χ2v) is 3.98. The highest BCUT2D eigenvalue weighted by Crippen LogP contribution is 2.15. The molecule has 0 heterocycles. The average Bonchev–Trinajstić information content (AvgIpc) is 2.03. The summed E-state index contributed by atoms with van der Waals surface area (Å²) in [6.07, 6.45) is 0. The Bertz CT molecular complexity index is 471. The zero-order valence-electron chi connectivity index (χ0n) is 6.85. The summed E-state index contributed by atoms with van der Waals surface area (Å²) in [5, 5.41) is 8.55. The highest BCUT2D eigenvalue weighted by Gasteiger charge is 2.14. The third kappa shape index (κ3) is 2.05. The Balaban J connectivity index is 3.53. The Hall–Kier alpha value is -1.38. The van der Waals surface area contributed by atoms with Gasteiger partial charge in [0.1, 0.15) is 11.0 Å². The van der Waals surface area contributed by atoms with Crippen molar-refractivity contribution in [1.29, 1.82) is 5.26 Å². The largest absolute Gasteiger partial charge is 0.295 e. The monoisotopic (exact) mass is 197 g/mol. The summed E-state index contributed by atoms with van der Waals surface area (Å²) < 4.78 is 30.3. The van der Waals surface area contributed by atoms with Gasteiger partial charge in [0.05, 0.1) is 5.56 Å². The number of hydrogen-bond donors (Lipinski definition) is 1. The molecule has 1 aromatic carbocycles. The van der Waals surface area contributed by atoms with Gasteiger partial charge in [-0.05, 0) is 24.6 Å². The fourth-order valence-electron chi connectivity index (χ4n) is 0.935. The number of aryl methyl sites for hydroxylation is 1. The Morgan fingerprint density at radius 3 is 2.54 bits per heavy atom. The lowest BCUT2D eigenvalue weighted by atomic mass is 10.2. The summed E-state index contributed by atoms with van der Waals surface area (Å²) in [6, 6.07) is 5.91. The molecule has 0 fully saturated rings. The van der Waals surface area contributed by atoms with Gasteiger partial charge in [-0.25, -0.2) is 0 Å². The van der Waals surface area contributed by atoms with Gasteiger partial charge in [-0.2, -0.15) is 13.7 Å². The molecular weight excluding hydrogens is 190 g/mol. The molecule has 0 aromatic heterocycles. The van der Waals surface area contributed by atoms with Crippen LogP contribution in [0.15, 0.2) is 23.1 Å². The number of nitriles is 1. The summed E-state index contributed by atoms with van der Waals surface area (Å²) in [7, 11) is -4.29. The molecule has 68 valence electrons. The van der Waals surface area contributed by atoms with Crippen molar-refractivity contribution in [2.45, 2.75) is 11.8 Å². The van der Waals surface area contributed by atoms with E-state index in [9.17, 15) is 8.42 Å². The first kappa shape index (κ1) is 9.71. The van der Waals surface area contributed by atoms with Gasteiger partial charge in [0, 0.05) is 0 Å². The highest BCUT2D eigenvalue weighted by molar-refractivity contribution is 7.85. The molecule has 1 aromatic rings. The van der Waals surface area contributed by atoms with E-state index in [1.54, 1.807) is 19.1 Å². The van der Waals surface area contributed by atoms with E-state index < -0.39 is 10.1 Å². The van der Waals surface area contributed by atoms with Gasteiger partial charge in [-0.1, -0.05) is 6.07 Å². The molecule has 0 aliphatic heterocycles. The van der Waals surface area contributed by atoms with Gasteiger partial charge in [0.25, 0.3) is 10.1 Å².